The van der Waals surface area contributed by atoms with E-state index in [4.69, 9.17) is 14.2 Å². The van der Waals surface area contributed by atoms with Crippen molar-refractivity contribution in [2.24, 2.45) is 0 Å². The van der Waals surface area contributed by atoms with Gasteiger partial charge >= 0.3 is 5.97 Å². The normalized spacial score (nSPS) is 16.1. The molecule has 28 heavy (non-hydrogen) atoms. The predicted molar refractivity (Wildman–Crippen MR) is 105 cm³/mol. The van der Waals surface area contributed by atoms with Gasteiger partial charge in [0.25, 0.3) is 0 Å². The second-order valence-electron chi connectivity index (χ2n) is 6.13. The number of thioether (sulfide) groups is 1. The number of methoxy groups -OCH3 is 2. The van der Waals surface area contributed by atoms with Crippen molar-refractivity contribution in [3.8, 4) is 28.6 Å². The van der Waals surface area contributed by atoms with Gasteiger partial charge in [-0.1, -0.05) is 23.9 Å². The number of benzene rings is 2. The molecule has 2 aromatic carbocycles. The summed E-state index contributed by atoms with van der Waals surface area (Å²) in [4.78, 5) is 11.9. The Morgan fingerprint density at radius 3 is 2.54 bits per heavy atom. The van der Waals surface area contributed by atoms with Gasteiger partial charge in [-0.25, -0.2) is 0 Å². The number of carbonyl (C=O) groups is 1. The zero-order chi connectivity index (χ0) is 19.5. The van der Waals surface area contributed by atoms with Crippen LogP contribution in [0.4, 0.5) is 0 Å². The summed E-state index contributed by atoms with van der Waals surface area (Å²) in [6.07, 6.45) is 0.660. The Balaban J connectivity index is 1.80. The smallest absolute Gasteiger partial charge is 0.319 e. The van der Waals surface area contributed by atoms with Gasteiger partial charge in [-0.3, -0.25) is 9.36 Å². The molecule has 1 saturated heterocycles. The summed E-state index contributed by atoms with van der Waals surface area (Å²) < 4.78 is 17.6. The van der Waals surface area contributed by atoms with Gasteiger partial charge in [-0.15, -0.1) is 10.2 Å². The van der Waals surface area contributed by atoms with Crippen LogP contribution in [0.2, 0.25) is 0 Å². The molecule has 1 fully saturated rings. The summed E-state index contributed by atoms with van der Waals surface area (Å²) in [6, 6.07) is 15.3. The molecule has 0 N–H and O–H groups in total. The number of esters is 1. The van der Waals surface area contributed by atoms with Gasteiger partial charge in [-0.2, -0.15) is 0 Å². The summed E-state index contributed by atoms with van der Waals surface area (Å²) in [5, 5.41) is 9.12. The largest absolute Gasteiger partial charge is 0.497 e. The fourth-order valence-electron chi connectivity index (χ4n) is 2.97. The molecular formula is C20H19N3O4S. The highest BCUT2D eigenvalue weighted by molar-refractivity contribution is 8.00. The number of aromatic nitrogens is 3. The molecule has 0 amide bonds. The van der Waals surface area contributed by atoms with Gasteiger partial charge in [0.05, 0.1) is 20.8 Å². The lowest BCUT2D eigenvalue weighted by atomic mass is 10.2. The Labute approximate surface area is 166 Å². The van der Waals surface area contributed by atoms with Crippen LogP contribution in [0.25, 0.3) is 17.1 Å². The third-order valence-electron chi connectivity index (χ3n) is 4.43. The first-order valence-electron chi connectivity index (χ1n) is 8.77. The molecule has 0 radical (unpaired) electrons. The maximum Gasteiger partial charge on any atom is 0.319 e. The summed E-state index contributed by atoms with van der Waals surface area (Å²) in [5.74, 6) is 1.94. The van der Waals surface area contributed by atoms with E-state index in [9.17, 15) is 4.79 Å². The zero-order valence-electron chi connectivity index (χ0n) is 15.5. The quantitative estimate of drug-likeness (QED) is 0.590. The van der Waals surface area contributed by atoms with Crippen molar-refractivity contribution in [2.45, 2.75) is 16.8 Å². The van der Waals surface area contributed by atoms with Crippen LogP contribution in [0.5, 0.6) is 11.5 Å². The van der Waals surface area contributed by atoms with Gasteiger partial charge < -0.3 is 14.2 Å². The lowest BCUT2D eigenvalue weighted by Crippen LogP contribution is -2.11. The number of hydrogen-bond donors (Lipinski definition) is 0. The van der Waals surface area contributed by atoms with Gasteiger partial charge in [0.2, 0.25) is 0 Å². The Kier molecular flexibility index (Phi) is 5.21. The van der Waals surface area contributed by atoms with E-state index in [2.05, 4.69) is 10.2 Å². The molecule has 0 unspecified atom stereocenters. The Bertz CT molecular complexity index is 987. The van der Waals surface area contributed by atoms with E-state index in [1.165, 1.54) is 11.8 Å². The number of rotatable bonds is 6. The van der Waals surface area contributed by atoms with E-state index in [-0.39, 0.29) is 11.2 Å². The monoisotopic (exact) mass is 397 g/mol. The van der Waals surface area contributed by atoms with E-state index < -0.39 is 0 Å². The number of carbonyl (C=O) groups excluding carboxylic acids is 1. The molecule has 4 rings (SSSR count). The average molecular weight is 397 g/mol. The first kappa shape index (κ1) is 18.4. The van der Waals surface area contributed by atoms with E-state index in [0.29, 0.717) is 24.0 Å². The van der Waals surface area contributed by atoms with Crippen molar-refractivity contribution in [2.75, 3.05) is 20.8 Å². The Morgan fingerprint density at radius 1 is 1.07 bits per heavy atom. The van der Waals surface area contributed by atoms with Crippen LogP contribution in [-0.2, 0) is 9.53 Å². The SMILES string of the molecule is COc1ccc(-n2c(S[C@@H]3CCOC3=O)nnc2-c2cccc(OC)c2)cc1. The lowest BCUT2D eigenvalue weighted by Gasteiger charge is -2.12. The molecule has 1 aliphatic rings. The van der Waals surface area contributed by atoms with Gasteiger partial charge in [-0.05, 0) is 36.4 Å². The topological polar surface area (TPSA) is 75.5 Å². The van der Waals surface area contributed by atoms with Crippen LogP contribution in [0.15, 0.2) is 53.7 Å². The van der Waals surface area contributed by atoms with Crippen molar-refractivity contribution in [3.05, 3.63) is 48.5 Å². The van der Waals surface area contributed by atoms with Crippen LogP contribution in [0, 0.1) is 0 Å². The van der Waals surface area contributed by atoms with Gasteiger partial charge in [0.1, 0.15) is 16.7 Å². The molecule has 3 aromatic rings. The third kappa shape index (κ3) is 3.55. The number of nitrogens with zero attached hydrogens (tertiary/aromatic N) is 3. The van der Waals surface area contributed by atoms with Gasteiger partial charge in [0, 0.05) is 17.7 Å². The van der Waals surface area contributed by atoms with Crippen LogP contribution in [0.1, 0.15) is 6.42 Å². The van der Waals surface area contributed by atoms with E-state index >= 15 is 0 Å². The fraction of sp³-hybridized carbons (Fsp3) is 0.250. The molecule has 0 aliphatic carbocycles. The zero-order valence-corrected chi connectivity index (χ0v) is 16.3. The summed E-state index contributed by atoms with van der Waals surface area (Å²) in [6.45, 7) is 0.440. The average Bonchev–Trinajstić information content (AvgIpc) is 3.35. The molecule has 0 saturated carbocycles. The standard InChI is InChI=1S/C20H19N3O4S/c1-25-15-8-6-14(7-9-15)23-18(13-4-3-5-16(12-13)26-2)21-22-20(23)28-17-10-11-27-19(17)24/h3-9,12,17H,10-11H2,1-2H3/t17-/m1/s1. The van der Waals surface area contributed by atoms with Crippen molar-refractivity contribution >= 4 is 17.7 Å². The summed E-state index contributed by atoms with van der Waals surface area (Å²) in [5.41, 5.74) is 1.74. The minimum absolute atomic E-state index is 0.211. The first-order chi connectivity index (χ1) is 13.7. The Morgan fingerprint density at radius 2 is 1.86 bits per heavy atom. The third-order valence-corrected chi connectivity index (χ3v) is 5.61. The number of cyclic esters (lactones) is 1. The maximum atomic E-state index is 11.9. The molecular weight excluding hydrogens is 378 g/mol. The predicted octanol–water partition coefficient (Wildman–Crippen LogP) is 3.36. The van der Waals surface area contributed by atoms with Crippen molar-refractivity contribution in [1.29, 1.82) is 0 Å². The fourth-order valence-corrected chi connectivity index (χ4v) is 3.99. The maximum absolute atomic E-state index is 11.9. The molecule has 2 heterocycles. The van der Waals surface area contributed by atoms with Crippen molar-refractivity contribution in [3.63, 3.8) is 0 Å². The molecule has 1 aromatic heterocycles. The van der Waals surface area contributed by atoms with E-state index in [0.717, 1.165) is 22.7 Å². The number of hydrogen-bond acceptors (Lipinski definition) is 7. The number of ether oxygens (including phenoxy) is 3. The van der Waals surface area contributed by atoms with E-state index in [1.807, 2.05) is 53.1 Å². The van der Waals surface area contributed by atoms with Crippen LogP contribution < -0.4 is 9.47 Å². The summed E-state index contributed by atoms with van der Waals surface area (Å²) >= 11 is 1.37. The first-order valence-corrected chi connectivity index (χ1v) is 9.65. The minimum Gasteiger partial charge on any atom is -0.497 e. The van der Waals surface area contributed by atoms with Crippen molar-refractivity contribution in [1.82, 2.24) is 14.8 Å². The van der Waals surface area contributed by atoms with Crippen LogP contribution in [-0.4, -0.2) is 46.8 Å². The molecule has 1 aliphatic heterocycles. The van der Waals surface area contributed by atoms with Crippen LogP contribution >= 0.6 is 11.8 Å². The highest BCUT2D eigenvalue weighted by atomic mass is 32.2. The van der Waals surface area contributed by atoms with E-state index in [1.54, 1.807) is 14.2 Å². The molecule has 0 bridgehead atoms. The van der Waals surface area contributed by atoms with Crippen LogP contribution in [0.3, 0.4) is 0 Å². The Hall–Kier alpha value is -3.00. The molecule has 0 spiro atoms. The molecule has 144 valence electrons. The minimum atomic E-state index is -0.278. The highest BCUT2D eigenvalue weighted by Crippen LogP contribution is 2.34. The highest BCUT2D eigenvalue weighted by Gasteiger charge is 2.30. The second kappa shape index (κ2) is 7.93. The second-order valence-corrected chi connectivity index (χ2v) is 7.30. The van der Waals surface area contributed by atoms with Gasteiger partial charge in [0.15, 0.2) is 11.0 Å². The lowest BCUT2D eigenvalue weighted by molar-refractivity contribution is -0.137. The van der Waals surface area contributed by atoms with Crippen molar-refractivity contribution < 1.29 is 19.0 Å². The summed E-state index contributed by atoms with van der Waals surface area (Å²) in [7, 11) is 3.25. The molecule has 8 heteroatoms. The molecule has 7 nitrogen and oxygen atoms in total. The molecule has 1 atom stereocenters.